The van der Waals surface area contributed by atoms with Crippen LogP contribution in [0.3, 0.4) is 0 Å². The van der Waals surface area contributed by atoms with Gasteiger partial charge in [-0.05, 0) is 31.2 Å². The van der Waals surface area contributed by atoms with Gasteiger partial charge < -0.3 is 19.2 Å². The number of methoxy groups -OCH3 is 2. The molecule has 106 valence electrons. The van der Waals surface area contributed by atoms with Crippen LogP contribution in [0.5, 0.6) is 11.5 Å². The summed E-state index contributed by atoms with van der Waals surface area (Å²) in [4.78, 5) is 12.1. The Morgan fingerprint density at radius 1 is 1.25 bits per heavy atom. The summed E-state index contributed by atoms with van der Waals surface area (Å²) in [5.41, 5.74) is 1.34. The summed E-state index contributed by atoms with van der Waals surface area (Å²) in [7, 11) is 3.12. The van der Waals surface area contributed by atoms with Crippen molar-refractivity contribution in [3.05, 3.63) is 47.4 Å². The molecule has 0 aliphatic rings. The van der Waals surface area contributed by atoms with E-state index in [0.717, 1.165) is 5.56 Å². The standard InChI is InChI=1S/C15H17NO4/c1-10-13(18-2)7-11(8-14(10)19-3)15(17)16-9-12-5-4-6-20-12/h4-8H,9H2,1-3H3,(H,16,17). The van der Waals surface area contributed by atoms with Crippen molar-refractivity contribution in [2.24, 2.45) is 0 Å². The number of amides is 1. The lowest BCUT2D eigenvalue weighted by Crippen LogP contribution is -2.22. The number of benzene rings is 1. The van der Waals surface area contributed by atoms with Crippen molar-refractivity contribution in [2.75, 3.05) is 14.2 Å². The minimum atomic E-state index is -0.210. The molecule has 2 rings (SSSR count). The van der Waals surface area contributed by atoms with Gasteiger partial charge in [0.1, 0.15) is 17.3 Å². The number of hydrogen-bond donors (Lipinski definition) is 1. The first-order valence-corrected chi connectivity index (χ1v) is 6.19. The molecule has 5 nitrogen and oxygen atoms in total. The Morgan fingerprint density at radius 3 is 2.40 bits per heavy atom. The molecule has 20 heavy (non-hydrogen) atoms. The lowest BCUT2D eigenvalue weighted by Gasteiger charge is -2.12. The quantitative estimate of drug-likeness (QED) is 0.911. The number of nitrogens with one attached hydrogen (secondary N) is 1. The van der Waals surface area contributed by atoms with Crippen molar-refractivity contribution in [3.8, 4) is 11.5 Å². The molecule has 0 radical (unpaired) electrons. The van der Waals surface area contributed by atoms with Crippen molar-refractivity contribution < 1.29 is 18.7 Å². The van der Waals surface area contributed by atoms with Gasteiger partial charge in [-0.1, -0.05) is 0 Å². The number of carbonyl (C=O) groups is 1. The van der Waals surface area contributed by atoms with E-state index in [1.54, 1.807) is 44.7 Å². The molecule has 1 heterocycles. The highest BCUT2D eigenvalue weighted by atomic mass is 16.5. The van der Waals surface area contributed by atoms with E-state index in [-0.39, 0.29) is 5.91 Å². The van der Waals surface area contributed by atoms with Crippen LogP contribution in [0.4, 0.5) is 0 Å². The van der Waals surface area contributed by atoms with E-state index in [4.69, 9.17) is 13.9 Å². The van der Waals surface area contributed by atoms with E-state index in [0.29, 0.717) is 29.4 Å². The molecule has 0 unspecified atom stereocenters. The van der Waals surface area contributed by atoms with Gasteiger partial charge >= 0.3 is 0 Å². The van der Waals surface area contributed by atoms with E-state index >= 15 is 0 Å². The second-order valence-corrected chi connectivity index (χ2v) is 4.27. The van der Waals surface area contributed by atoms with E-state index in [1.165, 1.54) is 0 Å². The van der Waals surface area contributed by atoms with Gasteiger partial charge in [-0.15, -0.1) is 0 Å². The topological polar surface area (TPSA) is 60.7 Å². The minimum Gasteiger partial charge on any atom is -0.496 e. The summed E-state index contributed by atoms with van der Waals surface area (Å²) >= 11 is 0. The average Bonchev–Trinajstić information content (AvgIpc) is 2.98. The number of hydrogen-bond acceptors (Lipinski definition) is 4. The Hall–Kier alpha value is -2.43. The van der Waals surface area contributed by atoms with E-state index in [2.05, 4.69) is 5.32 Å². The van der Waals surface area contributed by atoms with Crippen LogP contribution in [0.15, 0.2) is 34.9 Å². The number of ether oxygens (including phenoxy) is 2. The van der Waals surface area contributed by atoms with Gasteiger partial charge in [0.15, 0.2) is 0 Å². The largest absolute Gasteiger partial charge is 0.496 e. The fraction of sp³-hybridized carbons (Fsp3) is 0.267. The number of furan rings is 1. The van der Waals surface area contributed by atoms with Gasteiger partial charge in [0.25, 0.3) is 5.91 Å². The Morgan fingerprint density at radius 2 is 1.90 bits per heavy atom. The van der Waals surface area contributed by atoms with Gasteiger partial charge in [-0.25, -0.2) is 0 Å². The normalized spacial score (nSPS) is 10.2. The first kappa shape index (κ1) is 14.0. The fourth-order valence-corrected chi connectivity index (χ4v) is 1.90. The third kappa shape index (κ3) is 2.93. The van der Waals surface area contributed by atoms with E-state index in [9.17, 15) is 4.79 Å². The van der Waals surface area contributed by atoms with Crippen molar-refractivity contribution in [2.45, 2.75) is 13.5 Å². The molecule has 1 aromatic carbocycles. The molecule has 1 amide bonds. The van der Waals surface area contributed by atoms with E-state index in [1.807, 2.05) is 6.92 Å². The zero-order valence-electron chi connectivity index (χ0n) is 11.7. The van der Waals surface area contributed by atoms with Gasteiger partial charge in [0.05, 0.1) is 27.0 Å². The Balaban J connectivity index is 2.16. The maximum absolute atomic E-state index is 12.1. The van der Waals surface area contributed by atoms with Crippen LogP contribution in [0.25, 0.3) is 0 Å². The molecule has 0 aliphatic carbocycles. The predicted octanol–water partition coefficient (Wildman–Crippen LogP) is 2.54. The van der Waals surface area contributed by atoms with Crippen LogP contribution in [-0.2, 0) is 6.54 Å². The van der Waals surface area contributed by atoms with Crippen LogP contribution < -0.4 is 14.8 Å². The highest BCUT2D eigenvalue weighted by Gasteiger charge is 2.13. The van der Waals surface area contributed by atoms with Crippen molar-refractivity contribution >= 4 is 5.91 Å². The molecule has 0 spiro atoms. The molecule has 2 aromatic rings. The van der Waals surface area contributed by atoms with Gasteiger partial charge in [-0.2, -0.15) is 0 Å². The predicted molar refractivity (Wildman–Crippen MR) is 74.2 cm³/mol. The first-order chi connectivity index (χ1) is 9.65. The SMILES string of the molecule is COc1cc(C(=O)NCc2ccco2)cc(OC)c1C. The molecule has 0 saturated heterocycles. The third-order valence-electron chi connectivity index (χ3n) is 3.02. The fourth-order valence-electron chi connectivity index (χ4n) is 1.90. The van der Waals surface area contributed by atoms with Crippen LogP contribution in [-0.4, -0.2) is 20.1 Å². The molecule has 0 atom stereocenters. The highest BCUT2D eigenvalue weighted by Crippen LogP contribution is 2.29. The second-order valence-electron chi connectivity index (χ2n) is 4.27. The summed E-state index contributed by atoms with van der Waals surface area (Å²) in [5, 5.41) is 2.78. The zero-order chi connectivity index (χ0) is 14.5. The van der Waals surface area contributed by atoms with Crippen LogP contribution in [0, 0.1) is 6.92 Å². The first-order valence-electron chi connectivity index (χ1n) is 6.19. The van der Waals surface area contributed by atoms with Crippen LogP contribution in [0.2, 0.25) is 0 Å². The van der Waals surface area contributed by atoms with Crippen LogP contribution in [0.1, 0.15) is 21.7 Å². The van der Waals surface area contributed by atoms with Crippen LogP contribution >= 0.6 is 0 Å². The van der Waals surface area contributed by atoms with Gasteiger partial charge in [0, 0.05) is 11.1 Å². The summed E-state index contributed by atoms with van der Waals surface area (Å²) in [6, 6.07) is 6.96. The summed E-state index contributed by atoms with van der Waals surface area (Å²) < 4.78 is 15.7. The average molecular weight is 275 g/mol. The molecule has 1 N–H and O–H groups in total. The second kappa shape index (κ2) is 6.14. The Kier molecular flexibility index (Phi) is 4.30. The molecule has 1 aromatic heterocycles. The summed E-state index contributed by atoms with van der Waals surface area (Å²) in [5.74, 6) is 1.72. The Labute approximate surface area is 117 Å². The summed E-state index contributed by atoms with van der Waals surface area (Å²) in [6.45, 7) is 2.21. The van der Waals surface area contributed by atoms with Crippen molar-refractivity contribution in [1.82, 2.24) is 5.32 Å². The van der Waals surface area contributed by atoms with E-state index < -0.39 is 0 Å². The van der Waals surface area contributed by atoms with Gasteiger partial charge in [-0.3, -0.25) is 4.79 Å². The highest BCUT2D eigenvalue weighted by molar-refractivity contribution is 5.95. The number of rotatable bonds is 5. The monoisotopic (exact) mass is 275 g/mol. The molecule has 0 bridgehead atoms. The minimum absolute atomic E-state index is 0.210. The lowest BCUT2D eigenvalue weighted by molar-refractivity contribution is 0.0947. The Bertz CT molecular complexity index is 565. The third-order valence-corrected chi connectivity index (χ3v) is 3.02. The smallest absolute Gasteiger partial charge is 0.251 e. The maximum Gasteiger partial charge on any atom is 0.251 e. The van der Waals surface area contributed by atoms with Gasteiger partial charge in [0.2, 0.25) is 0 Å². The molecular formula is C15H17NO4. The van der Waals surface area contributed by atoms with Crippen molar-refractivity contribution in [1.29, 1.82) is 0 Å². The molecule has 0 fully saturated rings. The lowest BCUT2D eigenvalue weighted by atomic mass is 10.1. The maximum atomic E-state index is 12.1. The molecule has 5 heteroatoms. The zero-order valence-corrected chi connectivity index (χ0v) is 11.7. The molecule has 0 aliphatic heterocycles. The summed E-state index contributed by atoms with van der Waals surface area (Å²) in [6.07, 6.45) is 1.57. The molecule has 0 saturated carbocycles. The molecular weight excluding hydrogens is 258 g/mol. The van der Waals surface area contributed by atoms with Crippen molar-refractivity contribution in [3.63, 3.8) is 0 Å². The number of carbonyl (C=O) groups excluding carboxylic acids is 1.